The number of unbranched alkanes of at least 4 members (excludes halogenated alkanes) is 3. The summed E-state index contributed by atoms with van der Waals surface area (Å²) in [7, 11) is 0. The highest BCUT2D eigenvalue weighted by molar-refractivity contribution is 7.80. The van der Waals surface area contributed by atoms with E-state index in [-0.39, 0.29) is 0 Å². The molecule has 15 heavy (non-hydrogen) atoms. The summed E-state index contributed by atoms with van der Waals surface area (Å²) in [6, 6.07) is 0.757. The maximum atomic E-state index is 4.25. The Balaban J connectivity index is 3.69. The Morgan fingerprint density at radius 1 is 1.00 bits per heavy atom. The molecule has 0 aliphatic carbocycles. The van der Waals surface area contributed by atoms with Crippen LogP contribution in [0.3, 0.4) is 0 Å². The van der Waals surface area contributed by atoms with Crippen molar-refractivity contribution in [3.05, 3.63) is 0 Å². The summed E-state index contributed by atoms with van der Waals surface area (Å²) >= 11 is 4.25. The lowest BCUT2D eigenvalue weighted by atomic mass is 10.1. The van der Waals surface area contributed by atoms with Crippen molar-refractivity contribution in [2.24, 2.45) is 0 Å². The van der Waals surface area contributed by atoms with E-state index in [1.807, 2.05) is 0 Å². The van der Waals surface area contributed by atoms with E-state index in [1.165, 1.54) is 51.6 Å². The molecule has 0 saturated heterocycles. The Labute approximate surface area is 102 Å². The number of thiol groups is 1. The molecule has 0 heterocycles. The van der Waals surface area contributed by atoms with Gasteiger partial charge < -0.3 is 4.90 Å². The van der Waals surface area contributed by atoms with Gasteiger partial charge in [-0.25, -0.2) is 0 Å². The molecule has 0 spiro atoms. The van der Waals surface area contributed by atoms with Crippen LogP contribution in [0.5, 0.6) is 0 Å². The molecule has 0 fully saturated rings. The van der Waals surface area contributed by atoms with Crippen molar-refractivity contribution < 1.29 is 0 Å². The lowest BCUT2D eigenvalue weighted by Crippen LogP contribution is -2.34. The van der Waals surface area contributed by atoms with Crippen LogP contribution >= 0.6 is 12.6 Å². The van der Waals surface area contributed by atoms with Crippen molar-refractivity contribution in [2.75, 3.05) is 18.8 Å². The monoisotopic (exact) mass is 231 g/mol. The molecular weight excluding hydrogens is 202 g/mol. The molecule has 0 radical (unpaired) electrons. The fraction of sp³-hybridized carbons (Fsp3) is 1.00. The topological polar surface area (TPSA) is 3.24 Å². The zero-order valence-corrected chi connectivity index (χ0v) is 11.7. The molecule has 0 amide bonds. The predicted octanol–water partition coefficient (Wildman–Crippen LogP) is 3.99. The van der Waals surface area contributed by atoms with Gasteiger partial charge in [0, 0.05) is 6.04 Å². The molecule has 1 unspecified atom stereocenters. The van der Waals surface area contributed by atoms with Gasteiger partial charge in [0.05, 0.1) is 0 Å². The maximum Gasteiger partial charge on any atom is 0.00643 e. The maximum absolute atomic E-state index is 4.25. The van der Waals surface area contributed by atoms with Crippen molar-refractivity contribution in [3.63, 3.8) is 0 Å². The molecule has 2 heteroatoms. The van der Waals surface area contributed by atoms with Crippen LogP contribution in [0.4, 0.5) is 0 Å². The van der Waals surface area contributed by atoms with E-state index < -0.39 is 0 Å². The molecule has 0 aromatic heterocycles. The van der Waals surface area contributed by atoms with Gasteiger partial charge >= 0.3 is 0 Å². The quantitative estimate of drug-likeness (QED) is 0.439. The summed E-state index contributed by atoms with van der Waals surface area (Å²) in [5.74, 6) is 1.04. The van der Waals surface area contributed by atoms with E-state index in [2.05, 4.69) is 38.3 Å². The fourth-order valence-electron chi connectivity index (χ4n) is 1.78. The van der Waals surface area contributed by atoms with Crippen LogP contribution in [-0.4, -0.2) is 29.8 Å². The molecule has 0 bridgehead atoms. The Kier molecular flexibility index (Phi) is 11.0. The fourth-order valence-corrected chi connectivity index (χ4v) is 2.00. The third-order valence-electron chi connectivity index (χ3n) is 3.12. The molecule has 92 valence electrons. The first-order valence-electron chi connectivity index (χ1n) is 6.61. The molecule has 1 atom stereocenters. The third-order valence-corrected chi connectivity index (χ3v) is 3.43. The average molecular weight is 231 g/mol. The summed E-state index contributed by atoms with van der Waals surface area (Å²) in [5.41, 5.74) is 0. The number of hydrogen-bond acceptors (Lipinski definition) is 2. The highest BCUT2D eigenvalue weighted by Crippen LogP contribution is 2.08. The summed E-state index contributed by atoms with van der Waals surface area (Å²) in [4.78, 5) is 2.65. The molecule has 1 nitrogen and oxygen atoms in total. The minimum atomic E-state index is 0.757. The van der Waals surface area contributed by atoms with Crippen LogP contribution in [0, 0.1) is 0 Å². The van der Waals surface area contributed by atoms with E-state index in [0.29, 0.717) is 0 Å². The average Bonchev–Trinajstić information content (AvgIpc) is 2.27. The lowest BCUT2D eigenvalue weighted by Gasteiger charge is -2.28. The van der Waals surface area contributed by atoms with Gasteiger partial charge in [-0.05, 0) is 51.4 Å². The summed E-state index contributed by atoms with van der Waals surface area (Å²) in [6.45, 7) is 9.48. The summed E-state index contributed by atoms with van der Waals surface area (Å²) in [5, 5.41) is 0. The van der Waals surface area contributed by atoms with Crippen LogP contribution in [0.1, 0.15) is 59.3 Å². The van der Waals surface area contributed by atoms with Crippen LogP contribution in [0.2, 0.25) is 0 Å². The zero-order valence-electron chi connectivity index (χ0n) is 10.8. The second kappa shape index (κ2) is 10.8. The van der Waals surface area contributed by atoms with Crippen molar-refractivity contribution in [3.8, 4) is 0 Å². The predicted molar refractivity (Wildman–Crippen MR) is 73.9 cm³/mol. The van der Waals surface area contributed by atoms with Gasteiger partial charge in [-0.1, -0.05) is 26.7 Å². The highest BCUT2D eigenvalue weighted by Gasteiger charge is 2.10. The van der Waals surface area contributed by atoms with Crippen LogP contribution in [0.15, 0.2) is 0 Å². The first-order chi connectivity index (χ1) is 7.26. The lowest BCUT2D eigenvalue weighted by molar-refractivity contribution is 0.197. The van der Waals surface area contributed by atoms with E-state index in [4.69, 9.17) is 0 Å². The first kappa shape index (κ1) is 15.3. The van der Waals surface area contributed by atoms with Crippen LogP contribution in [-0.2, 0) is 0 Å². The molecule has 0 aromatic rings. The highest BCUT2D eigenvalue weighted by atomic mass is 32.1. The first-order valence-corrected chi connectivity index (χ1v) is 7.24. The Morgan fingerprint density at radius 2 is 1.67 bits per heavy atom. The Bertz CT molecular complexity index is 128. The smallest absolute Gasteiger partial charge is 0.00643 e. The second-order valence-corrected chi connectivity index (χ2v) is 4.88. The zero-order chi connectivity index (χ0) is 11.5. The molecule has 0 N–H and O–H groups in total. The van der Waals surface area contributed by atoms with E-state index in [0.717, 1.165) is 11.8 Å². The second-order valence-electron chi connectivity index (χ2n) is 4.43. The van der Waals surface area contributed by atoms with Crippen molar-refractivity contribution in [1.29, 1.82) is 0 Å². The Hall–Kier alpha value is 0.310. The number of nitrogens with zero attached hydrogens (tertiary/aromatic N) is 1. The normalized spacial score (nSPS) is 13.4. The SMILES string of the molecule is CCCCN(CCCCCS)C(C)CC. The largest absolute Gasteiger partial charge is 0.301 e. The molecular formula is C13H29NS. The molecule has 0 rings (SSSR count). The van der Waals surface area contributed by atoms with Gasteiger partial charge in [0.1, 0.15) is 0 Å². The third kappa shape index (κ3) is 8.15. The van der Waals surface area contributed by atoms with Crippen LogP contribution < -0.4 is 0 Å². The molecule has 0 aliphatic heterocycles. The van der Waals surface area contributed by atoms with Gasteiger partial charge in [0.2, 0.25) is 0 Å². The van der Waals surface area contributed by atoms with E-state index >= 15 is 0 Å². The van der Waals surface area contributed by atoms with E-state index in [9.17, 15) is 0 Å². The minimum Gasteiger partial charge on any atom is -0.301 e. The van der Waals surface area contributed by atoms with Crippen molar-refractivity contribution in [1.82, 2.24) is 4.90 Å². The van der Waals surface area contributed by atoms with Gasteiger partial charge in [-0.15, -0.1) is 0 Å². The summed E-state index contributed by atoms with van der Waals surface area (Å²) < 4.78 is 0. The van der Waals surface area contributed by atoms with Gasteiger partial charge in [0.25, 0.3) is 0 Å². The van der Waals surface area contributed by atoms with Crippen molar-refractivity contribution >= 4 is 12.6 Å². The molecule has 0 aliphatic rings. The van der Waals surface area contributed by atoms with Gasteiger partial charge in [-0.3, -0.25) is 0 Å². The van der Waals surface area contributed by atoms with Crippen molar-refractivity contribution in [2.45, 2.75) is 65.3 Å². The van der Waals surface area contributed by atoms with Gasteiger partial charge in [0.15, 0.2) is 0 Å². The number of hydrogen-bond donors (Lipinski definition) is 1. The summed E-state index contributed by atoms with van der Waals surface area (Å²) in [6.07, 6.45) is 7.87. The minimum absolute atomic E-state index is 0.757. The van der Waals surface area contributed by atoms with Crippen LogP contribution in [0.25, 0.3) is 0 Å². The van der Waals surface area contributed by atoms with Gasteiger partial charge in [-0.2, -0.15) is 12.6 Å². The number of rotatable bonds is 10. The molecule has 0 saturated carbocycles. The Morgan fingerprint density at radius 3 is 2.20 bits per heavy atom. The molecule has 0 aromatic carbocycles. The standard InChI is InChI=1S/C13H29NS/c1-4-6-10-14(13(3)5-2)11-8-7-9-12-15/h13,15H,4-12H2,1-3H3. The van der Waals surface area contributed by atoms with E-state index in [1.54, 1.807) is 0 Å².